The Bertz CT molecular complexity index is 1090. The molecule has 1 N–H and O–H groups in total. The second kappa shape index (κ2) is 7.36. The van der Waals surface area contributed by atoms with Crippen molar-refractivity contribution in [1.29, 1.82) is 0 Å². The van der Waals surface area contributed by atoms with Crippen molar-refractivity contribution in [3.63, 3.8) is 0 Å². The van der Waals surface area contributed by atoms with Crippen LogP contribution in [0.1, 0.15) is 15.9 Å². The molecule has 0 fully saturated rings. The van der Waals surface area contributed by atoms with E-state index in [-0.39, 0.29) is 5.91 Å². The maximum Gasteiger partial charge on any atom is 0.255 e. The Hall–Kier alpha value is -3.32. The van der Waals surface area contributed by atoms with E-state index in [9.17, 15) is 4.79 Å². The normalized spacial score (nSPS) is 10.8. The van der Waals surface area contributed by atoms with Crippen LogP contribution in [0.15, 0.2) is 54.2 Å². The molecule has 0 spiro atoms. The van der Waals surface area contributed by atoms with Crippen LogP contribution in [0, 0.1) is 6.92 Å². The van der Waals surface area contributed by atoms with E-state index in [4.69, 9.17) is 9.47 Å². The molecule has 142 valence electrons. The highest BCUT2D eigenvalue weighted by atomic mass is 32.1. The number of rotatable bonds is 5. The lowest BCUT2D eigenvalue weighted by Gasteiger charge is -2.13. The number of imidazole rings is 1. The number of nitrogens with zero attached hydrogens (tertiary/aromatic N) is 2. The first-order valence-electron chi connectivity index (χ1n) is 8.65. The third-order valence-corrected chi connectivity index (χ3v) is 5.32. The molecule has 0 aliphatic rings. The average Bonchev–Trinajstić information content (AvgIpc) is 3.31. The van der Waals surface area contributed by atoms with Gasteiger partial charge in [0.25, 0.3) is 5.91 Å². The minimum absolute atomic E-state index is 0.230. The van der Waals surface area contributed by atoms with Crippen LogP contribution in [-0.2, 0) is 0 Å². The van der Waals surface area contributed by atoms with E-state index in [1.165, 1.54) is 0 Å². The number of amides is 1. The lowest BCUT2D eigenvalue weighted by Crippen LogP contribution is -2.12. The number of hydrogen-bond donors (Lipinski definition) is 1. The summed E-state index contributed by atoms with van der Waals surface area (Å²) in [5.74, 6) is 0.992. The quantitative estimate of drug-likeness (QED) is 0.536. The van der Waals surface area contributed by atoms with E-state index in [1.807, 2.05) is 53.4 Å². The number of benzene rings is 2. The van der Waals surface area contributed by atoms with Gasteiger partial charge in [0.2, 0.25) is 0 Å². The zero-order valence-corrected chi connectivity index (χ0v) is 16.5. The molecule has 2 heterocycles. The van der Waals surface area contributed by atoms with Crippen LogP contribution in [0.25, 0.3) is 16.2 Å². The standard InChI is InChI=1S/C21H19N3O3S/c1-13-18(26-2)10-15(11-19(13)27-3)20(25)22-16-6-4-14(5-7-16)17-12-24-8-9-28-21(24)23-17/h4-12H,1-3H3,(H,22,25). The van der Waals surface area contributed by atoms with Gasteiger partial charge in [-0.15, -0.1) is 11.3 Å². The summed E-state index contributed by atoms with van der Waals surface area (Å²) in [6, 6.07) is 11.0. The Morgan fingerprint density at radius 2 is 1.79 bits per heavy atom. The number of aromatic nitrogens is 2. The van der Waals surface area contributed by atoms with Gasteiger partial charge in [0.15, 0.2) is 4.96 Å². The van der Waals surface area contributed by atoms with Gasteiger partial charge in [-0.3, -0.25) is 9.20 Å². The Morgan fingerprint density at radius 3 is 2.39 bits per heavy atom. The first-order valence-corrected chi connectivity index (χ1v) is 9.53. The second-order valence-electron chi connectivity index (χ2n) is 6.26. The molecule has 1 amide bonds. The lowest BCUT2D eigenvalue weighted by atomic mass is 10.1. The molecule has 0 bridgehead atoms. The molecule has 0 saturated heterocycles. The highest BCUT2D eigenvalue weighted by Gasteiger charge is 2.14. The summed E-state index contributed by atoms with van der Waals surface area (Å²) in [6.07, 6.45) is 3.97. The van der Waals surface area contributed by atoms with Crippen molar-refractivity contribution in [3.8, 4) is 22.8 Å². The molecule has 7 heteroatoms. The minimum atomic E-state index is -0.230. The molecule has 0 unspecified atom stereocenters. The number of ether oxygens (including phenoxy) is 2. The first-order chi connectivity index (χ1) is 13.6. The van der Waals surface area contributed by atoms with Gasteiger partial charge in [-0.1, -0.05) is 12.1 Å². The summed E-state index contributed by atoms with van der Waals surface area (Å²) >= 11 is 1.59. The molecular weight excluding hydrogens is 374 g/mol. The summed E-state index contributed by atoms with van der Waals surface area (Å²) in [7, 11) is 3.14. The summed E-state index contributed by atoms with van der Waals surface area (Å²) in [5.41, 5.74) is 3.92. The largest absolute Gasteiger partial charge is 0.496 e. The summed E-state index contributed by atoms with van der Waals surface area (Å²) in [5, 5.41) is 4.91. The zero-order chi connectivity index (χ0) is 19.7. The predicted octanol–water partition coefficient (Wildman–Crippen LogP) is 4.64. The van der Waals surface area contributed by atoms with E-state index in [1.54, 1.807) is 37.7 Å². The zero-order valence-electron chi connectivity index (χ0n) is 15.7. The monoisotopic (exact) mass is 393 g/mol. The molecule has 4 rings (SSSR count). The fraction of sp³-hybridized carbons (Fsp3) is 0.143. The van der Waals surface area contributed by atoms with Crippen LogP contribution in [0.4, 0.5) is 5.69 Å². The van der Waals surface area contributed by atoms with Gasteiger partial charge in [0.05, 0.1) is 19.9 Å². The SMILES string of the molecule is COc1cc(C(=O)Nc2ccc(-c3cn4ccsc4n3)cc2)cc(OC)c1C. The molecule has 0 radical (unpaired) electrons. The Labute approximate surface area is 166 Å². The van der Waals surface area contributed by atoms with Crippen LogP contribution in [0.2, 0.25) is 0 Å². The number of methoxy groups -OCH3 is 2. The smallest absolute Gasteiger partial charge is 0.255 e. The molecule has 0 saturated carbocycles. The number of carbonyl (C=O) groups excluding carboxylic acids is 1. The van der Waals surface area contributed by atoms with E-state index in [0.29, 0.717) is 22.7 Å². The van der Waals surface area contributed by atoms with E-state index in [0.717, 1.165) is 21.8 Å². The van der Waals surface area contributed by atoms with Gasteiger partial charge >= 0.3 is 0 Å². The van der Waals surface area contributed by atoms with Crippen molar-refractivity contribution >= 4 is 27.9 Å². The highest BCUT2D eigenvalue weighted by Crippen LogP contribution is 2.30. The van der Waals surface area contributed by atoms with E-state index >= 15 is 0 Å². The fourth-order valence-electron chi connectivity index (χ4n) is 3.01. The number of fused-ring (bicyclic) bond motifs is 1. The van der Waals surface area contributed by atoms with Crippen LogP contribution in [0.3, 0.4) is 0 Å². The number of anilines is 1. The van der Waals surface area contributed by atoms with Gasteiger partial charge < -0.3 is 14.8 Å². The van der Waals surface area contributed by atoms with E-state index < -0.39 is 0 Å². The van der Waals surface area contributed by atoms with E-state index in [2.05, 4.69) is 10.3 Å². The second-order valence-corrected chi connectivity index (χ2v) is 7.13. The van der Waals surface area contributed by atoms with Crippen molar-refractivity contribution in [1.82, 2.24) is 9.38 Å². The van der Waals surface area contributed by atoms with Crippen molar-refractivity contribution in [3.05, 3.63) is 65.3 Å². The number of nitrogens with one attached hydrogen (secondary N) is 1. The molecule has 6 nitrogen and oxygen atoms in total. The third kappa shape index (κ3) is 3.32. The van der Waals surface area contributed by atoms with Crippen LogP contribution in [-0.4, -0.2) is 29.5 Å². The van der Waals surface area contributed by atoms with Crippen LogP contribution in [0.5, 0.6) is 11.5 Å². The lowest BCUT2D eigenvalue weighted by molar-refractivity contribution is 0.102. The van der Waals surface area contributed by atoms with Gasteiger partial charge in [-0.2, -0.15) is 0 Å². The fourth-order valence-corrected chi connectivity index (χ4v) is 3.71. The molecule has 2 aromatic carbocycles. The van der Waals surface area contributed by atoms with Gasteiger partial charge in [-0.05, 0) is 31.2 Å². The maximum absolute atomic E-state index is 12.7. The molecule has 4 aromatic rings. The first kappa shape index (κ1) is 18.1. The maximum atomic E-state index is 12.7. The molecule has 0 aliphatic heterocycles. The summed E-state index contributed by atoms with van der Waals surface area (Å²) in [6.45, 7) is 1.89. The topological polar surface area (TPSA) is 64.9 Å². The Balaban J connectivity index is 1.54. The molecule has 2 aromatic heterocycles. The van der Waals surface area contributed by atoms with Crippen molar-refractivity contribution in [2.45, 2.75) is 6.92 Å². The minimum Gasteiger partial charge on any atom is -0.496 e. The summed E-state index contributed by atoms with van der Waals surface area (Å²) in [4.78, 5) is 18.2. The van der Waals surface area contributed by atoms with Gasteiger partial charge in [0, 0.05) is 40.2 Å². The average molecular weight is 393 g/mol. The Morgan fingerprint density at radius 1 is 1.11 bits per heavy atom. The van der Waals surface area contributed by atoms with Crippen LogP contribution < -0.4 is 14.8 Å². The summed E-state index contributed by atoms with van der Waals surface area (Å²) < 4.78 is 12.7. The van der Waals surface area contributed by atoms with Gasteiger partial charge in [-0.25, -0.2) is 4.98 Å². The molecule has 0 aliphatic carbocycles. The molecule has 28 heavy (non-hydrogen) atoms. The molecular formula is C21H19N3O3S. The third-order valence-electron chi connectivity index (χ3n) is 4.55. The number of carbonyl (C=O) groups is 1. The van der Waals surface area contributed by atoms with Crippen LogP contribution >= 0.6 is 11.3 Å². The van der Waals surface area contributed by atoms with Gasteiger partial charge in [0.1, 0.15) is 11.5 Å². The van der Waals surface area contributed by atoms with Crippen molar-refractivity contribution in [2.75, 3.05) is 19.5 Å². The number of hydrogen-bond acceptors (Lipinski definition) is 5. The van der Waals surface area contributed by atoms with Crippen molar-refractivity contribution < 1.29 is 14.3 Å². The van der Waals surface area contributed by atoms with Crippen molar-refractivity contribution in [2.24, 2.45) is 0 Å². The number of thiazole rings is 1. The predicted molar refractivity (Wildman–Crippen MR) is 111 cm³/mol. The molecule has 0 atom stereocenters. The highest BCUT2D eigenvalue weighted by molar-refractivity contribution is 7.15. The Kier molecular flexibility index (Phi) is 4.75.